The first-order chi connectivity index (χ1) is 16.8. The van der Waals surface area contributed by atoms with Gasteiger partial charge in [-0.05, 0) is 0 Å². The number of rotatable bonds is 9. The second kappa shape index (κ2) is 11.6. The van der Waals surface area contributed by atoms with E-state index in [0.29, 0.717) is 10.5 Å². The molecule has 3 rings (SSSR count). The molecule has 0 bridgehead atoms. The Balaban J connectivity index is 2.40. The van der Waals surface area contributed by atoms with E-state index < -0.39 is 30.4 Å². The summed E-state index contributed by atoms with van der Waals surface area (Å²) in [6.07, 6.45) is 0.232. The van der Waals surface area contributed by atoms with E-state index in [2.05, 4.69) is 10.6 Å². The third-order valence-electron chi connectivity index (χ3n) is 6.14. The summed E-state index contributed by atoms with van der Waals surface area (Å²) >= 11 is -5.78. The van der Waals surface area contributed by atoms with Crippen molar-refractivity contribution in [3.8, 4) is 0 Å². The van der Waals surface area contributed by atoms with Gasteiger partial charge in [-0.3, -0.25) is 0 Å². The molecule has 7 heteroatoms. The monoisotopic (exact) mass is 584 g/mol. The molecule has 0 saturated heterocycles. The van der Waals surface area contributed by atoms with Gasteiger partial charge >= 0.3 is 211 Å². The standard InChI is InChI=1S/3C6H5.2C5H11NO2.Sb/c3*1-2-4-6-5-3-1;2*1-3-4(2)6-5(7)8;/h3*1-5H;2*4,6H,3H2,1-2H3,(H,7,8);/q;;;;;+2/p-2. The summed E-state index contributed by atoms with van der Waals surface area (Å²) in [7, 11) is 0. The van der Waals surface area contributed by atoms with Crippen LogP contribution < -0.4 is 21.2 Å². The van der Waals surface area contributed by atoms with Gasteiger partial charge in [-0.15, -0.1) is 0 Å². The van der Waals surface area contributed by atoms with Crippen molar-refractivity contribution in [1.82, 2.24) is 10.6 Å². The van der Waals surface area contributed by atoms with Gasteiger partial charge in [0, 0.05) is 0 Å². The van der Waals surface area contributed by atoms with Crippen molar-refractivity contribution < 1.29 is 15.6 Å². The van der Waals surface area contributed by atoms with Crippen molar-refractivity contribution in [3.63, 3.8) is 0 Å². The third-order valence-corrected chi connectivity index (χ3v) is 19.7. The second-order valence-electron chi connectivity index (χ2n) is 8.63. The third kappa shape index (κ3) is 5.48. The molecule has 186 valence electrons. The molecule has 0 aliphatic heterocycles. The Kier molecular flexibility index (Phi) is 8.85. The number of benzene rings is 3. The van der Waals surface area contributed by atoms with Crippen molar-refractivity contribution in [1.29, 1.82) is 0 Å². The van der Waals surface area contributed by atoms with E-state index in [0.717, 1.165) is 12.8 Å². The van der Waals surface area contributed by atoms with Crippen molar-refractivity contribution >= 4 is 41.0 Å². The average Bonchev–Trinajstić information content (AvgIpc) is 2.89. The summed E-state index contributed by atoms with van der Waals surface area (Å²) in [5.41, 5.74) is 0. The van der Waals surface area contributed by atoms with Gasteiger partial charge in [0.2, 0.25) is 0 Å². The van der Waals surface area contributed by atoms with E-state index in [1.807, 2.05) is 119 Å². The Morgan fingerprint density at radius 2 is 0.914 bits per heavy atom. The first-order valence-electron chi connectivity index (χ1n) is 12.0. The van der Waals surface area contributed by atoms with Crippen LogP contribution in [0.5, 0.6) is 0 Å². The van der Waals surface area contributed by atoms with E-state index >= 15 is 0 Å². The van der Waals surface area contributed by atoms with E-state index in [9.17, 15) is 9.59 Å². The molecule has 0 aromatic heterocycles. The van der Waals surface area contributed by atoms with Crippen LogP contribution in [0.15, 0.2) is 91.0 Å². The van der Waals surface area contributed by atoms with Gasteiger partial charge in [-0.2, -0.15) is 0 Å². The summed E-state index contributed by atoms with van der Waals surface area (Å²) < 4.78 is 15.3. The number of carbonyl (C=O) groups is 2. The molecule has 0 saturated carbocycles. The van der Waals surface area contributed by atoms with Gasteiger partial charge in [-0.25, -0.2) is 0 Å². The first-order valence-corrected chi connectivity index (χ1v) is 18.0. The number of hydrogen-bond acceptors (Lipinski definition) is 4. The molecule has 0 fully saturated rings. The number of hydrogen-bond donors (Lipinski definition) is 2. The summed E-state index contributed by atoms with van der Waals surface area (Å²) in [4.78, 5) is 27.0. The van der Waals surface area contributed by atoms with Crippen LogP contribution >= 0.6 is 0 Å². The van der Waals surface area contributed by atoms with Crippen LogP contribution in [0.1, 0.15) is 40.5 Å². The SMILES string of the molecule is CCC(C)NC(=O)[O][Sb]([O]C(=O)NC(C)CC)([c]1ccccc1)([c]1ccccc1)[c]1ccccc1. The van der Waals surface area contributed by atoms with Crippen LogP contribution in [-0.2, 0) is 6.03 Å². The zero-order chi connectivity index (χ0) is 25.3. The molecule has 6 nitrogen and oxygen atoms in total. The predicted octanol–water partition coefficient (Wildman–Crippen LogP) is 4.15. The zero-order valence-electron chi connectivity index (χ0n) is 20.8. The average molecular weight is 585 g/mol. The fourth-order valence-electron chi connectivity index (χ4n) is 3.85. The molecule has 35 heavy (non-hydrogen) atoms. The van der Waals surface area contributed by atoms with Crippen molar-refractivity contribution in [2.45, 2.75) is 52.6 Å². The van der Waals surface area contributed by atoms with E-state index in [1.54, 1.807) is 0 Å². The number of nitrogens with one attached hydrogen (secondary N) is 2. The molecule has 0 spiro atoms. The maximum atomic E-state index is 13.5. The molecule has 0 aliphatic rings. The molecule has 2 amide bonds. The summed E-state index contributed by atoms with van der Waals surface area (Å²) in [6, 6.07) is 28.0. The Bertz CT molecular complexity index is 980. The van der Waals surface area contributed by atoms with Crippen LogP contribution in [0.2, 0.25) is 0 Å². The van der Waals surface area contributed by atoms with Gasteiger partial charge in [-0.1, -0.05) is 0 Å². The molecular weight excluding hydrogens is 550 g/mol. The minimum absolute atomic E-state index is 0.113. The molecule has 2 unspecified atom stereocenters. The second-order valence-corrected chi connectivity index (χ2v) is 19.6. The van der Waals surface area contributed by atoms with Gasteiger partial charge < -0.3 is 0 Å². The predicted molar refractivity (Wildman–Crippen MR) is 143 cm³/mol. The molecule has 0 heterocycles. The summed E-state index contributed by atoms with van der Waals surface area (Å²) in [5, 5.41) is 5.84. The minimum atomic E-state index is -5.78. The Labute approximate surface area is 210 Å². The fourth-order valence-corrected chi connectivity index (χ4v) is 16.5. The van der Waals surface area contributed by atoms with Gasteiger partial charge in [0.25, 0.3) is 0 Å². The van der Waals surface area contributed by atoms with Crippen molar-refractivity contribution in [3.05, 3.63) is 91.0 Å². The summed E-state index contributed by atoms with van der Waals surface area (Å²) in [6.45, 7) is 7.79. The maximum absolute atomic E-state index is 13.5. The van der Waals surface area contributed by atoms with Crippen LogP contribution in [0.4, 0.5) is 9.59 Å². The molecule has 2 atom stereocenters. The van der Waals surface area contributed by atoms with Gasteiger partial charge in [0.1, 0.15) is 0 Å². The fraction of sp³-hybridized carbons (Fsp3) is 0.286. The molecule has 0 aliphatic carbocycles. The van der Waals surface area contributed by atoms with Crippen molar-refractivity contribution in [2.24, 2.45) is 0 Å². The Hall–Kier alpha value is -2.98. The quantitative estimate of drug-likeness (QED) is 0.370. The van der Waals surface area contributed by atoms with Crippen LogP contribution in [-0.4, -0.2) is 42.5 Å². The van der Waals surface area contributed by atoms with Crippen LogP contribution in [0.3, 0.4) is 0 Å². The Morgan fingerprint density at radius 1 is 0.629 bits per heavy atom. The van der Waals surface area contributed by atoms with Gasteiger partial charge in [0.05, 0.1) is 0 Å². The Morgan fingerprint density at radius 3 is 1.17 bits per heavy atom. The van der Waals surface area contributed by atoms with Gasteiger partial charge in [0.15, 0.2) is 0 Å². The topological polar surface area (TPSA) is 76.7 Å². The van der Waals surface area contributed by atoms with E-state index in [4.69, 9.17) is 6.03 Å². The van der Waals surface area contributed by atoms with Crippen molar-refractivity contribution in [2.75, 3.05) is 0 Å². The molecule has 3 aromatic carbocycles. The van der Waals surface area contributed by atoms with E-state index in [-0.39, 0.29) is 12.1 Å². The number of amides is 2. The zero-order valence-corrected chi connectivity index (χ0v) is 23.4. The molecule has 2 N–H and O–H groups in total. The van der Waals surface area contributed by atoms with Crippen LogP contribution in [0, 0.1) is 0 Å². The number of carbonyl (C=O) groups excluding carboxylic acids is 2. The van der Waals surface area contributed by atoms with Crippen LogP contribution in [0.25, 0.3) is 0 Å². The normalized spacial score (nSPS) is 14.0. The first kappa shape index (κ1) is 26.6. The van der Waals surface area contributed by atoms with E-state index in [1.165, 1.54) is 0 Å². The molecular formula is C28H35N2O4Sb. The molecule has 0 radical (unpaired) electrons. The molecule has 3 aromatic rings. The summed E-state index contributed by atoms with van der Waals surface area (Å²) in [5.74, 6) is 0.